The summed E-state index contributed by atoms with van der Waals surface area (Å²) in [6.07, 6.45) is 2.22. The lowest BCUT2D eigenvalue weighted by Crippen LogP contribution is -2.26. The van der Waals surface area contributed by atoms with Gasteiger partial charge in [-0.15, -0.1) is 11.8 Å². The third kappa shape index (κ3) is 4.71. The van der Waals surface area contributed by atoms with E-state index in [0.717, 1.165) is 16.3 Å². The smallest absolute Gasteiger partial charge is 0.129 e. The van der Waals surface area contributed by atoms with Crippen molar-refractivity contribution in [3.05, 3.63) is 53.7 Å². The molecule has 126 valence electrons. The highest BCUT2D eigenvalue weighted by Crippen LogP contribution is 2.40. The molecule has 1 aromatic carbocycles. The molecule has 1 heterocycles. The maximum absolute atomic E-state index is 9.38. The number of nitriles is 1. The van der Waals surface area contributed by atoms with E-state index in [1.165, 1.54) is 0 Å². The SMILES string of the molecule is CN(C)c1cc(S[C@H](C[C@H](N)CO)c2ccccc2)c(C#N)cn1. The van der Waals surface area contributed by atoms with Crippen LogP contribution < -0.4 is 10.6 Å². The van der Waals surface area contributed by atoms with E-state index in [2.05, 4.69) is 11.1 Å². The van der Waals surface area contributed by atoms with Gasteiger partial charge >= 0.3 is 0 Å². The van der Waals surface area contributed by atoms with E-state index in [4.69, 9.17) is 5.73 Å². The highest BCUT2D eigenvalue weighted by Gasteiger charge is 2.19. The number of benzene rings is 1. The molecule has 0 fully saturated rings. The third-order valence-corrected chi connectivity index (χ3v) is 4.96. The summed E-state index contributed by atoms with van der Waals surface area (Å²) in [5, 5.41) is 18.7. The van der Waals surface area contributed by atoms with Crippen LogP contribution in [0.2, 0.25) is 0 Å². The maximum atomic E-state index is 9.38. The summed E-state index contributed by atoms with van der Waals surface area (Å²) in [6.45, 7) is -0.0612. The predicted octanol–water partition coefficient (Wildman–Crippen LogP) is 2.56. The molecule has 6 heteroatoms. The Kier molecular flexibility index (Phi) is 6.62. The second-order valence-electron chi connectivity index (χ2n) is 5.74. The number of aliphatic hydroxyl groups excluding tert-OH is 1. The van der Waals surface area contributed by atoms with Gasteiger partial charge in [-0.1, -0.05) is 30.3 Å². The highest BCUT2D eigenvalue weighted by atomic mass is 32.2. The molecule has 2 rings (SSSR count). The van der Waals surface area contributed by atoms with Crippen LogP contribution in [0.25, 0.3) is 0 Å². The number of aromatic nitrogens is 1. The highest BCUT2D eigenvalue weighted by molar-refractivity contribution is 7.99. The van der Waals surface area contributed by atoms with E-state index >= 15 is 0 Å². The molecule has 0 aliphatic carbocycles. The summed E-state index contributed by atoms with van der Waals surface area (Å²) in [4.78, 5) is 7.07. The Hall–Kier alpha value is -2.07. The molecule has 0 unspecified atom stereocenters. The van der Waals surface area contributed by atoms with E-state index in [9.17, 15) is 10.4 Å². The zero-order valence-corrected chi connectivity index (χ0v) is 14.7. The summed E-state index contributed by atoms with van der Waals surface area (Å²) in [5.41, 5.74) is 7.63. The summed E-state index contributed by atoms with van der Waals surface area (Å²) in [7, 11) is 3.83. The number of hydrogen-bond donors (Lipinski definition) is 2. The van der Waals surface area contributed by atoms with Gasteiger partial charge in [-0.2, -0.15) is 5.26 Å². The summed E-state index contributed by atoms with van der Waals surface area (Å²) >= 11 is 1.59. The normalized spacial score (nSPS) is 13.1. The van der Waals surface area contributed by atoms with E-state index in [1.54, 1.807) is 18.0 Å². The number of nitrogens with two attached hydrogens (primary N) is 1. The number of hydrogen-bond acceptors (Lipinski definition) is 6. The lowest BCUT2D eigenvalue weighted by atomic mass is 10.1. The summed E-state index contributed by atoms with van der Waals surface area (Å²) in [5.74, 6) is 0.801. The molecule has 1 aromatic heterocycles. The molecule has 0 saturated carbocycles. The van der Waals surface area contributed by atoms with Gasteiger partial charge in [-0.25, -0.2) is 4.98 Å². The minimum Gasteiger partial charge on any atom is -0.395 e. The van der Waals surface area contributed by atoms with E-state index in [1.807, 2.05) is 55.4 Å². The second-order valence-corrected chi connectivity index (χ2v) is 6.98. The molecule has 5 nitrogen and oxygen atoms in total. The van der Waals surface area contributed by atoms with Gasteiger partial charge in [0.05, 0.1) is 12.2 Å². The second kappa shape index (κ2) is 8.69. The standard InChI is InChI=1S/C18H22N4OS/c1-22(2)18-9-17(14(10-19)11-21-18)24-16(8-15(20)12-23)13-6-4-3-5-7-13/h3-7,9,11,15-16,23H,8,12,20H2,1-2H3/t15-,16+/m0/s1. The molecule has 0 bridgehead atoms. The molecule has 0 amide bonds. The number of rotatable bonds is 7. The summed E-state index contributed by atoms with van der Waals surface area (Å²) < 4.78 is 0. The maximum Gasteiger partial charge on any atom is 0.129 e. The topological polar surface area (TPSA) is 86.2 Å². The van der Waals surface area contributed by atoms with Gasteiger partial charge < -0.3 is 15.7 Å². The van der Waals surface area contributed by atoms with E-state index in [0.29, 0.717) is 12.0 Å². The lowest BCUT2D eigenvalue weighted by molar-refractivity contribution is 0.259. The lowest BCUT2D eigenvalue weighted by Gasteiger charge is -2.21. The number of pyridine rings is 1. The van der Waals surface area contributed by atoms with Crippen LogP contribution in [-0.2, 0) is 0 Å². The van der Waals surface area contributed by atoms with E-state index in [-0.39, 0.29) is 17.9 Å². The third-order valence-electron chi connectivity index (χ3n) is 3.62. The van der Waals surface area contributed by atoms with Crippen LogP contribution in [-0.4, -0.2) is 36.8 Å². The zero-order chi connectivity index (χ0) is 17.5. The summed E-state index contributed by atoms with van der Waals surface area (Å²) in [6, 6.07) is 13.8. The van der Waals surface area contributed by atoms with Crippen molar-refractivity contribution in [2.45, 2.75) is 22.6 Å². The van der Waals surface area contributed by atoms with Gasteiger partial charge in [0.25, 0.3) is 0 Å². The average molecular weight is 342 g/mol. The van der Waals surface area contributed by atoms with Crippen LogP contribution in [0, 0.1) is 11.3 Å². The van der Waals surface area contributed by atoms with Crippen LogP contribution in [0.1, 0.15) is 22.8 Å². The molecule has 0 aliphatic rings. The quantitative estimate of drug-likeness (QED) is 0.752. The minimum atomic E-state index is -0.302. The Morgan fingerprint density at radius 3 is 2.62 bits per heavy atom. The van der Waals surface area contributed by atoms with Crippen molar-refractivity contribution >= 4 is 17.6 Å². The largest absolute Gasteiger partial charge is 0.395 e. The van der Waals surface area contributed by atoms with Crippen molar-refractivity contribution in [3.63, 3.8) is 0 Å². The number of nitrogens with zero attached hydrogens (tertiary/aromatic N) is 3. The van der Waals surface area contributed by atoms with E-state index < -0.39 is 0 Å². The van der Waals surface area contributed by atoms with Crippen molar-refractivity contribution < 1.29 is 5.11 Å². The number of aliphatic hydroxyl groups is 1. The van der Waals surface area contributed by atoms with Gasteiger partial charge in [0.15, 0.2) is 0 Å². The van der Waals surface area contributed by atoms with Gasteiger partial charge in [0.2, 0.25) is 0 Å². The van der Waals surface area contributed by atoms with Crippen LogP contribution in [0.15, 0.2) is 47.5 Å². The molecule has 0 spiro atoms. The Morgan fingerprint density at radius 2 is 2.04 bits per heavy atom. The Bertz CT molecular complexity index is 700. The molecule has 24 heavy (non-hydrogen) atoms. The average Bonchev–Trinajstić information content (AvgIpc) is 2.61. The molecule has 2 aromatic rings. The van der Waals surface area contributed by atoms with Gasteiger partial charge in [-0.3, -0.25) is 0 Å². The monoisotopic (exact) mass is 342 g/mol. The zero-order valence-electron chi connectivity index (χ0n) is 13.9. The number of anilines is 1. The molecule has 0 saturated heterocycles. The first-order valence-corrected chi connectivity index (χ1v) is 8.58. The molecule has 0 radical (unpaired) electrons. The van der Waals surface area contributed by atoms with Gasteiger partial charge in [-0.05, 0) is 18.1 Å². The first kappa shape index (κ1) is 18.3. The molecule has 3 N–H and O–H groups in total. The van der Waals surface area contributed by atoms with Crippen LogP contribution >= 0.6 is 11.8 Å². The molecular weight excluding hydrogens is 320 g/mol. The number of thioether (sulfide) groups is 1. The Morgan fingerprint density at radius 1 is 1.33 bits per heavy atom. The van der Waals surface area contributed by atoms with Crippen LogP contribution in [0.5, 0.6) is 0 Å². The van der Waals surface area contributed by atoms with Gasteiger partial charge in [0, 0.05) is 36.5 Å². The van der Waals surface area contributed by atoms with Crippen molar-refractivity contribution in [2.75, 3.05) is 25.6 Å². The Balaban J connectivity index is 2.35. The Labute approximate surface area is 147 Å². The van der Waals surface area contributed by atoms with Crippen LogP contribution in [0.3, 0.4) is 0 Å². The van der Waals surface area contributed by atoms with Crippen molar-refractivity contribution in [1.29, 1.82) is 5.26 Å². The molecule has 0 aliphatic heterocycles. The fourth-order valence-electron chi connectivity index (χ4n) is 2.28. The first-order chi connectivity index (χ1) is 11.5. The molecular formula is C18H22N4OS. The van der Waals surface area contributed by atoms with Crippen molar-refractivity contribution in [3.8, 4) is 6.07 Å². The first-order valence-electron chi connectivity index (χ1n) is 7.70. The minimum absolute atomic E-state index is 0.0536. The molecule has 2 atom stereocenters. The predicted molar refractivity (Wildman–Crippen MR) is 98.0 cm³/mol. The van der Waals surface area contributed by atoms with Crippen LogP contribution in [0.4, 0.5) is 5.82 Å². The van der Waals surface area contributed by atoms with Crippen molar-refractivity contribution in [1.82, 2.24) is 4.98 Å². The van der Waals surface area contributed by atoms with Crippen molar-refractivity contribution in [2.24, 2.45) is 5.73 Å². The van der Waals surface area contributed by atoms with Gasteiger partial charge in [0.1, 0.15) is 11.9 Å². The fraction of sp³-hybridized carbons (Fsp3) is 0.333. The fourth-order valence-corrected chi connectivity index (χ4v) is 3.62.